The molecule has 3 aromatic rings. The van der Waals surface area contributed by atoms with E-state index in [0.717, 1.165) is 24.8 Å². The number of thiocarbonyl (C=S) groups is 1. The molecule has 2 aliphatic heterocycles. The molecule has 41 heavy (non-hydrogen) atoms. The van der Waals surface area contributed by atoms with Crippen LogP contribution in [0.25, 0.3) is 11.7 Å². The standard InChI is InChI=1S/C31H36FN5O2S2/c1-3-4-5-6-7-10-15-37-30(39)26(41-31(37)40)21-23-28(33-27-22(2)12-11-16-36(27)29(23)38)35-19-17-34(18-20-35)25-14-9-8-13-24(25)32/h8-9,11-14,16,21H,3-7,10,15,17-20H2,1-2H3/b26-21+. The molecular formula is C31H36FN5O2S2. The summed E-state index contributed by atoms with van der Waals surface area (Å²) in [6.45, 7) is 6.99. The summed E-state index contributed by atoms with van der Waals surface area (Å²) in [6.07, 6.45) is 10.2. The number of pyridine rings is 1. The molecule has 4 heterocycles. The van der Waals surface area contributed by atoms with E-state index in [1.807, 2.05) is 30.0 Å². The minimum atomic E-state index is -0.248. The summed E-state index contributed by atoms with van der Waals surface area (Å²) in [6, 6.07) is 10.5. The number of anilines is 2. The number of carbonyl (C=O) groups is 1. The number of hydrogen-bond donors (Lipinski definition) is 0. The van der Waals surface area contributed by atoms with Crippen molar-refractivity contribution in [2.24, 2.45) is 0 Å². The van der Waals surface area contributed by atoms with Gasteiger partial charge in [0.05, 0.1) is 16.2 Å². The molecule has 0 radical (unpaired) electrons. The van der Waals surface area contributed by atoms with Gasteiger partial charge in [0.2, 0.25) is 0 Å². The lowest BCUT2D eigenvalue weighted by molar-refractivity contribution is -0.122. The molecule has 0 atom stereocenters. The van der Waals surface area contributed by atoms with E-state index in [9.17, 15) is 14.0 Å². The molecule has 1 amide bonds. The maximum atomic E-state index is 14.4. The lowest BCUT2D eigenvalue weighted by Gasteiger charge is -2.37. The SMILES string of the molecule is CCCCCCCCN1C(=O)/C(=C\c2c(N3CCN(c4ccccc4F)CC3)nc3c(C)cccn3c2=O)SC1=S. The van der Waals surface area contributed by atoms with E-state index in [2.05, 4.69) is 11.8 Å². The second-order valence-electron chi connectivity index (χ2n) is 10.6. The third kappa shape index (κ3) is 6.33. The van der Waals surface area contributed by atoms with Crippen LogP contribution in [-0.4, -0.2) is 57.2 Å². The average molecular weight is 594 g/mol. The van der Waals surface area contributed by atoms with Gasteiger partial charge in [0.1, 0.15) is 21.6 Å². The lowest BCUT2D eigenvalue weighted by Crippen LogP contribution is -2.47. The summed E-state index contributed by atoms with van der Waals surface area (Å²) >= 11 is 6.81. The van der Waals surface area contributed by atoms with E-state index in [-0.39, 0.29) is 17.3 Å². The fraction of sp³-hybridized carbons (Fsp3) is 0.419. The molecule has 0 N–H and O–H groups in total. The van der Waals surface area contributed by atoms with Crippen LogP contribution in [0.15, 0.2) is 52.3 Å². The van der Waals surface area contributed by atoms with Crippen LogP contribution in [0.3, 0.4) is 0 Å². The van der Waals surface area contributed by atoms with Crippen molar-refractivity contribution in [2.45, 2.75) is 52.4 Å². The maximum absolute atomic E-state index is 14.4. The van der Waals surface area contributed by atoms with Gasteiger partial charge in [-0.2, -0.15) is 0 Å². The van der Waals surface area contributed by atoms with Gasteiger partial charge in [0.25, 0.3) is 11.5 Å². The highest BCUT2D eigenvalue weighted by molar-refractivity contribution is 8.26. The zero-order valence-electron chi connectivity index (χ0n) is 23.6. The molecule has 2 saturated heterocycles. The number of unbranched alkanes of at least 4 members (excludes halogenated alkanes) is 5. The van der Waals surface area contributed by atoms with Gasteiger partial charge in [-0.1, -0.05) is 81.2 Å². The van der Waals surface area contributed by atoms with Crippen LogP contribution in [0.2, 0.25) is 0 Å². The summed E-state index contributed by atoms with van der Waals surface area (Å²) < 4.78 is 16.5. The Morgan fingerprint density at radius 1 is 0.976 bits per heavy atom. The molecule has 5 rings (SSSR count). The molecule has 216 valence electrons. The van der Waals surface area contributed by atoms with Crippen molar-refractivity contribution in [1.29, 1.82) is 0 Å². The van der Waals surface area contributed by atoms with Crippen LogP contribution < -0.4 is 15.4 Å². The van der Waals surface area contributed by atoms with E-state index in [1.54, 1.807) is 29.3 Å². The predicted octanol–water partition coefficient (Wildman–Crippen LogP) is 6.03. The molecule has 2 fully saturated rings. The molecule has 2 aromatic heterocycles. The van der Waals surface area contributed by atoms with Gasteiger partial charge < -0.3 is 9.80 Å². The van der Waals surface area contributed by atoms with Gasteiger partial charge in [-0.25, -0.2) is 9.37 Å². The number of aromatic nitrogens is 2. The predicted molar refractivity (Wildman–Crippen MR) is 170 cm³/mol. The van der Waals surface area contributed by atoms with Crippen LogP contribution in [0, 0.1) is 12.7 Å². The summed E-state index contributed by atoms with van der Waals surface area (Å²) in [5.41, 5.74) is 2.17. The summed E-state index contributed by atoms with van der Waals surface area (Å²) in [4.78, 5) is 38.4. The van der Waals surface area contributed by atoms with Gasteiger partial charge in [0.15, 0.2) is 0 Å². The first-order valence-electron chi connectivity index (χ1n) is 14.4. The smallest absolute Gasteiger partial charge is 0.267 e. The zero-order chi connectivity index (χ0) is 28.9. The molecule has 0 saturated carbocycles. The Bertz CT molecular complexity index is 1530. The number of piperazine rings is 1. The average Bonchev–Trinajstić information content (AvgIpc) is 3.24. The number of para-hydroxylation sites is 1. The van der Waals surface area contributed by atoms with Crippen LogP contribution in [0.1, 0.15) is 56.6 Å². The molecule has 0 spiro atoms. The van der Waals surface area contributed by atoms with Gasteiger partial charge in [-0.3, -0.25) is 18.9 Å². The van der Waals surface area contributed by atoms with Gasteiger partial charge in [-0.05, 0) is 43.2 Å². The lowest BCUT2D eigenvalue weighted by atomic mass is 10.1. The molecule has 1 aromatic carbocycles. The number of hydrogen-bond acceptors (Lipinski definition) is 7. The summed E-state index contributed by atoms with van der Waals surface area (Å²) in [5, 5.41) is 0. The summed E-state index contributed by atoms with van der Waals surface area (Å²) in [5.74, 6) is 0.138. The van der Waals surface area contributed by atoms with Crippen molar-refractivity contribution in [3.05, 3.63) is 74.8 Å². The zero-order valence-corrected chi connectivity index (χ0v) is 25.3. The second-order valence-corrected chi connectivity index (χ2v) is 12.2. The topological polar surface area (TPSA) is 61.2 Å². The Hall–Kier alpha value is -3.24. The highest BCUT2D eigenvalue weighted by Gasteiger charge is 2.33. The normalized spacial score (nSPS) is 17.0. The molecule has 2 aliphatic rings. The van der Waals surface area contributed by atoms with Crippen molar-refractivity contribution in [3.63, 3.8) is 0 Å². The Balaban J connectivity index is 1.42. The van der Waals surface area contributed by atoms with Crippen LogP contribution in [0.4, 0.5) is 15.9 Å². The van der Waals surface area contributed by atoms with Crippen molar-refractivity contribution in [2.75, 3.05) is 42.5 Å². The third-order valence-corrected chi connectivity index (χ3v) is 9.10. The number of fused-ring (bicyclic) bond motifs is 1. The first kappa shape index (κ1) is 29.3. The van der Waals surface area contributed by atoms with Gasteiger partial charge in [0, 0.05) is 38.9 Å². The van der Waals surface area contributed by atoms with Crippen molar-refractivity contribution in [3.8, 4) is 0 Å². The fourth-order valence-corrected chi connectivity index (χ4v) is 6.70. The van der Waals surface area contributed by atoms with E-state index in [4.69, 9.17) is 17.2 Å². The van der Waals surface area contributed by atoms with Crippen molar-refractivity contribution < 1.29 is 9.18 Å². The highest BCUT2D eigenvalue weighted by Crippen LogP contribution is 2.34. The van der Waals surface area contributed by atoms with Gasteiger partial charge >= 0.3 is 0 Å². The highest BCUT2D eigenvalue weighted by atomic mass is 32.2. The van der Waals surface area contributed by atoms with E-state index in [0.29, 0.717) is 64.7 Å². The van der Waals surface area contributed by atoms with Crippen LogP contribution in [0.5, 0.6) is 0 Å². The Morgan fingerprint density at radius 3 is 2.44 bits per heavy atom. The van der Waals surface area contributed by atoms with E-state index >= 15 is 0 Å². The second kappa shape index (κ2) is 13.2. The van der Waals surface area contributed by atoms with Crippen molar-refractivity contribution in [1.82, 2.24) is 14.3 Å². The number of halogens is 1. The molecular weight excluding hydrogens is 558 g/mol. The number of amides is 1. The first-order chi connectivity index (χ1) is 19.9. The third-order valence-electron chi connectivity index (χ3n) is 7.72. The number of benzene rings is 1. The molecule has 0 unspecified atom stereocenters. The number of rotatable bonds is 10. The number of carbonyl (C=O) groups excluding carboxylic acids is 1. The van der Waals surface area contributed by atoms with E-state index in [1.165, 1.54) is 41.5 Å². The minimum absolute atomic E-state index is 0.155. The van der Waals surface area contributed by atoms with Crippen LogP contribution >= 0.6 is 24.0 Å². The van der Waals surface area contributed by atoms with Gasteiger partial charge in [-0.15, -0.1) is 0 Å². The largest absolute Gasteiger partial charge is 0.366 e. The molecule has 7 nitrogen and oxygen atoms in total. The fourth-order valence-electron chi connectivity index (χ4n) is 5.41. The number of aryl methyl sites for hydroxylation is 1. The van der Waals surface area contributed by atoms with Crippen LogP contribution in [-0.2, 0) is 4.79 Å². The molecule has 0 aliphatic carbocycles. The summed E-state index contributed by atoms with van der Waals surface area (Å²) in [7, 11) is 0. The molecule has 0 bridgehead atoms. The first-order valence-corrected chi connectivity index (χ1v) is 15.6. The number of thioether (sulfide) groups is 1. The Morgan fingerprint density at radius 2 is 1.68 bits per heavy atom. The monoisotopic (exact) mass is 593 g/mol. The van der Waals surface area contributed by atoms with E-state index < -0.39 is 0 Å². The Kier molecular flexibility index (Phi) is 9.39. The quantitative estimate of drug-likeness (QED) is 0.162. The Labute approximate surface area is 250 Å². The minimum Gasteiger partial charge on any atom is -0.366 e. The molecule has 10 heteroatoms. The maximum Gasteiger partial charge on any atom is 0.267 e. The number of nitrogens with zero attached hydrogens (tertiary/aromatic N) is 5. The van der Waals surface area contributed by atoms with Crippen molar-refractivity contribution >= 4 is 57.4 Å².